The van der Waals surface area contributed by atoms with Gasteiger partial charge in [0.25, 0.3) is 0 Å². The van der Waals surface area contributed by atoms with Gasteiger partial charge in [0, 0.05) is 11.6 Å². The van der Waals surface area contributed by atoms with Crippen molar-refractivity contribution in [2.45, 2.75) is 45.2 Å². The van der Waals surface area contributed by atoms with E-state index in [0.717, 1.165) is 22.4 Å². The van der Waals surface area contributed by atoms with E-state index in [1.165, 1.54) is 4.31 Å². The summed E-state index contributed by atoms with van der Waals surface area (Å²) in [6.07, 6.45) is 0. The van der Waals surface area contributed by atoms with Gasteiger partial charge < -0.3 is 10.1 Å². The molecule has 0 radical (unpaired) electrons. The highest BCUT2D eigenvalue weighted by atomic mass is 35.5. The van der Waals surface area contributed by atoms with Crippen LogP contribution < -0.4 is 10.1 Å². The molecule has 0 heterocycles. The first-order chi connectivity index (χ1) is 16.5. The molecule has 0 bridgehead atoms. The summed E-state index contributed by atoms with van der Waals surface area (Å²) in [6, 6.07) is 17.7. The van der Waals surface area contributed by atoms with E-state index >= 15 is 0 Å². The first kappa shape index (κ1) is 26.7. The molecule has 3 rings (SSSR count). The maximum Gasteiger partial charge on any atom is 0.244 e. The second-order valence-electron chi connectivity index (χ2n) is 8.69. The second kappa shape index (κ2) is 11.2. The minimum Gasteiger partial charge on any atom is -0.497 e. The summed E-state index contributed by atoms with van der Waals surface area (Å²) in [7, 11) is -2.38. The van der Waals surface area contributed by atoms with Crippen LogP contribution in [0.4, 0.5) is 0 Å². The number of ether oxygens (including phenoxy) is 1. The van der Waals surface area contributed by atoms with Crippen LogP contribution in [0, 0.1) is 20.8 Å². The minimum atomic E-state index is -3.97. The van der Waals surface area contributed by atoms with E-state index in [-0.39, 0.29) is 24.0 Å². The first-order valence-electron chi connectivity index (χ1n) is 11.3. The maximum absolute atomic E-state index is 13.8. The van der Waals surface area contributed by atoms with Gasteiger partial charge in [-0.25, -0.2) is 8.42 Å². The van der Waals surface area contributed by atoms with Gasteiger partial charge in [-0.15, -0.1) is 0 Å². The van der Waals surface area contributed by atoms with Gasteiger partial charge in [0.05, 0.1) is 24.6 Å². The van der Waals surface area contributed by atoms with E-state index in [9.17, 15) is 13.2 Å². The molecule has 6 nitrogen and oxygen atoms in total. The lowest BCUT2D eigenvalue weighted by atomic mass is 10.1. The summed E-state index contributed by atoms with van der Waals surface area (Å²) in [5, 5.41) is 3.47. The summed E-state index contributed by atoms with van der Waals surface area (Å²) in [6.45, 7) is 7.05. The van der Waals surface area contributed by atoms with Gasteiger partial charge in [-0.05, 0) is 74.2 Å². The molecule has 1 atom stereocenters. The molecule has 186 valence electrons. The highest BCUT2D eigenvalue weighted by Gasteiger charge is 2.30. The number of nitrogens with one attached hydrogen (secondary N) is 1. The fraction of sp³-hybridized carbons (Fsp3) is 0.296. The fourth-order valence-electron chi connectivity index (χ4n) is 4.15. The Morgan fingerprint density at radius 1 is 1.00 bits per heavy atom. The average molecular weight is 515 g/mol. The van der Waals surface area contributed by atoms with Crippen molar-refractivity contribution in [3.63, 3.8) is 0 Å². The molecule has 1 amide bonds. The molecule has 0 unspecified atom stereocenters. The van der Waals surface area contributed by atoms with E-state index in [2.05, 4.69) is 5.32 Å². The monoisotopic (exact) mass is 514 g/mol. The molecule has 0 spiro atoms. The molecule has 0 aromatic heterocycles. The molecular weight excluding hydrogens is 484 g/mol. The number of benzene rings is 3. The van der Waals surface area contributed by atoms with Crippen LogP contribution in [0.15, 0.2) is 65.6 Å². The Bertz CT molecular complexity index is 1270. The van der Waals surface area contributed by atoms with E-state index in [4.69, 9.17) is 16.3 Å². The van der Waals surface area contributed by atoms with Crippen LogP contribution in [-0.4, -0.2) is 32.3 Å². The zero-order valence-corrected chi connectivity index (χ0v) is 22.2. The second-order valence-corrected chi connectivity index (χ2v) is 11.0. The van der Waals surface area contributed by atoms with Gasteiger partial charge in [-0.2, -0.15) is 4.31 Å². The molecule has 0 aliphatic carbocycles. The number of sulfonamides is 1. The predicted octanol–water partition coefficient (Wildman–Crippen LogP) is 5.34. The molecule has 0 aliphatic heterocycles. The quantitative estimate of drug-likeness (QED) is 0.418. The summed E-state index contributed by atoms with van der Waals surface area (Å²) >= 11 is 6.01. The molecule has 8 heteroatoms. The normalized spacial score (nSPS) is 12.4. The summed E-state index contributed by atoms with van der Waals surface area (Å²) in [4.78, 5) is 13.3. The lowest BCUT2D eigenvalue weighted by Crippen LogP contribution is -2.41. The van der Waals surface area contributed by atoms with Crippen molar-refractivity contribution >= 4 is 27.5 Å². The van der Waals surface area contributed by atoms with E-state index in [1.807, 2.05) is 50.2 Å². The molecule has 0 fully saturated rings. The molecule has 0 saturated carbocycles. The van der Waals surface area contributed by atoms with Crippen LogP contribution in [0.3, 0.4) is 0 Å². The van der Waals surface area contributed by atoms with E-state index in [1.54, 1.807) is 45.2 Å². The molecule has 1 N–H and O–H groups in total. The number of nitrogens with zero attached hydrogens (tertiary/aromatic N) is 1. The molecule has 35 heavy (non-hydrogen) atoms. The van der Waals surface area contributed by atoms with Crippen molar-refractivity contribution in [1.82, 2.24) is 9.62 Å². The number of hydrogen-bond donors (Lipinski definition) is 1. The Labute approximate surface area is 212 Å². The third-order valence-electron chi connectivity index (χ3n) is 5.79. The third kappa shape index (κ3) is 6.63. The molecular formula is C27H31ClN2O4S. The Morgan fingerprint density at radius 2 is 1.57 bits per heavy atom. The van der Waals surface area contributed by atoms with Crippen LogP contribution in [0.25, 0.3) is 0 Å². The number of carbonyl (C=O) groups is 1. The SMILES string of the molecule is COc1ccc([C@@H](C)NC(=O)CN(Cc2ccc(Cl)cc2)S(=O)(=O)c2c(C)cc(C)cc2C)cc1. The summed E-state index contributed by atoms with van der Waals surface area (Å²) < 4.78 is 34.1. The third-order valence-corrected chi connectivity index (χ3v) is 8.14. The Morgan fingerprint density at radius 3 is 2.11 bits per heavy atom. The summed E-state index contributed by atoms with van der Waals surface area (Å²) in [5.41, 5.74) is 3.90. The standard InChI is InChI=1S/C27H31ClN2O4S/c1-18-14-19(2)27(20(3)15-18)35(32,33)30(16-22-6-10-24(28)11-7-22)17-26(31)29-21(4)23-8-12-25(34-5)13-9-23/h6-15,21H,16-17H2,1-5H3,(H,29,31)/t21-/m1/s1. The number of rotatable bonds is 9. The van der Waals surface area contributed by atoms with Crippen molar-refractivity contribution in [3.8, 4) is 5.75 Å². The predicted molar refractivity (Wildman–Crippen MR) is 139 cm³/mol. The minimum absolute atomic E-state index is 0.0383. The number of aryl methyl sites for hydroxylation is 3. The van der Waals surface area contributed by atoms with Gasteiger partial charge in [0.1, 0.15) is 5.75 Å². The Balaban J connectivity index is 1.89. The lowest BCUT2D eigenvalue weighted by molar-refractivity contribution is -0.122. The molecule has 0 saturated heterocycles. The number of methoxy groups -OCH3 is 1. The zero-order chi connectivity index (χ0) is 25.8. The van der Waals surface area contributed by atoms with Gasteiger partial charge in [-0.1, -0.05) is 53.6 Å². The van der Waals surface area contributed by atoms with Crippen molar-refractivity contribution in [1.29, 1.82) is 0 Å². The van der Waals surface area contributed by atoms with Gasteiger partial charge in [0.15, 0.2) is 0 Å². The smallest absolute Gasteiger partial charge is 0.244 e. The number of hydrogen-bond acceptors (Lipinski definition) is 4. The fourth-order valence-corrected chi connectivity index (χ4v) is 6.07. The Kier molecular flexibility index (Phi) is 8.59. The molecule has 0 aliphatic rings. The van der Waals surface area contributed by atoms with Crippen molar-refractivity contribution in [3.05, 3.63) is 93.5 Å². The highest BCUT2D eigenvalue weighted by Crippen LogP contribution is 2.27. The molecule has 3 aromatic carbocycles. The van der Waals surface area contributed by atoms with Gasteiger partial charge in [-0.3, -0.25) is 4.79 Å². The first-order valence-corrected chi connectivity index (χ1v) is 13.1. The summed E-state index contributed by atoms with van der Waals surface area (Å²) in [5.74, 6) is 0.324. The van der Waals surface area contributed by atoms with Crippen LogP contribution >= 0.6 is 11.6 Å². The van der Waals surface area contributed by atoms with Crippen LogP contribution in [0.1, 0.15) is 40.8 Å². The zero-order valence-electron chi connectivity index (χ0n) is 20.6. The van der Waals surface area contributed by atoms with Crippen LogP contribution in [0.2, 0.25) is 5.02 Å². The average Bonchev–Trinajstić information content (AvgIpc) is 2.79. The maximum atomic E-state index is 13.8. The van der Waals surface area contributed by atoms with Crippen molar-refractivity contribution in [2.75, 3.05) is 13.7 Å². The number of amides is 1. The number of carbonyl (C=O) groups excluding carboxylic acids is 1. The Hall–Kier alpha value is -2.87. The van der Waals surface area contributed by atoms with E-state index in [0.29, 0.717) is 16.1 Å². The number of halogens is 1. The van der Waals surface area contributed by atoms with Crippen molar-refractivity contribution < 1.29 is 17.9 Å². The van der Waals surface area contributed by atoms with Gasteiger partial charge >= 0.3 is 0 Å². The lowest BCUT2D eigenvalue weighted by Gasteiger charge is -2.25. The largest absolute Gasteiger partial charge is 0.497 e. The van der Waals surface area contributed by atoms with Crippen LogP contribution in [0.5, 0.6) is 5.75 Å². The van der Waals surface area contributed by atoms with Gasteiger partial charge in [0.2, 0.25) is 15.9 Å². The van der Waals surface area contributed by atoms with Crippen LogP contribution in [-0.2, 0) is 21.4 Å². The molecule has 3 aromatic rings. The highest BCUT2D eigenvalue weighted by molar-refractivity contribution is 7.89. The van der Waals surface area contributed by atoms with Crippen molar-refractivity contribution in [2.24, 2.45) is 0 Å². The van der Waals surface area contributed by atoms with E-state index < -0.39 is 15.9 Å². The topological polar surface area (TPSA) is 75.7 Å².